The van der Waals surface area contributed by atoms with Crippen LogP contribution in [0.5, 0.6) is 0 Å². The molecule has 2 N–H and O–H groups in total. The Balaban J connectivity index is 1.71. The van der Waals surface area contributed by atoms with Gasteiger partial charge in [0.25, 0.3) is 0 Å². The van der Waals surface area contributed by atoms with Crippen molar-refractivity contribution in [1.82, 2.24) is 5.32 Å². The van der Waals surface area contributed by atoms with Gasteiger partial charge in [0.1, 0.15) is 16.9 Å². The third-order valence-electron chi connectivity index (χ3n) is 4.04. The first kappa shape index (κ1) is 13.2. The van der Waals surface area contributed by atoms with Crippen LogP contribution in [0.3, 0.4) is 0 Å². The minimum Gasteiger partial charge on any atom is -0.458 e. The van der Waals surface area contributed by atoms with Gasteiger partial charge < -0.3 is 14.8 Å². The standard InChI is InChI=1S/C16H19NO3/c1-16(19,10-17-15(18)11-6-4-7-11)14-9-12-5-2-3-8-13(12)20-14/h2-3,5,8-9,11,19H,4,6-7,10H2,1H3,(H,17,18). The molecule has 1 atom stereocenters. The van der Waals surface area contributed by atoms with Crippen molar-refractivity contribution in [3.8, 4) is 0 Å². The largest absolute Gasteiger partial charge is 0.458 e. The molecular formula is C16H19NO3. The van der Waals surface area contributed by atoms with Gasteiger partial charge in [-0.1, -0.05) is 24.6 Å². The average Bonchev–Trinajstić information content (AvgIpc) is 2.79. The van der Waals surface area contributed by atoms with Crippen molar-refractivity contribution in [2.75, 3.05) is 6.54 Å². The predicted molar refractivity (Wildman–Crippen MR) is 76.1 cm³/mol. The highest BCUT2D eigenvalue weighted by molar-refractivity contribution is 5.80. The highest BCUT2D eigenvalue weighted by atomic mass is 16.4. The van der Waals surface area contributed by atoms with E-state index in [1.54, 1.807) is 6.92 Å². The second kappa shape index (κ2) is 4.94. The summed E-state index contributed by atoms with van der Waals surface area (Å²) >= 11 is 0. The van der Waals surface area contributed by atoms with Crippen LogP contribution in [0.4, 0.5) is 0 Å². The van der Waals surface area contributed by atoms with Gasteiger partial charge in [0.05, 0.1) is 6.54 Å². The molecule has 1 aromatic heterocycles. The Kier molecular flexibility index (Phi) is 3.26. The molecule has 0 radical (unpaired) electrons. The minimum atomic E-state index is -1.20. The number of carbonyl (C=O) groups is 1. The molecule has 1 fully saturated rings. The first-order valence-electron chi connectivity index (χ1n) is 7.05. The Morgan fingerprint density at radius 2 is 2.20 bits per heavy atom. The summed E-state index contributed by atoms with van der Waals surface area (Å²) in [6.07, 6.45) is 3.04. The van der Waals surface area contributed by atoms with Crippen LogP contribution in [0.15, 0.2) is 34.7 Å². The summed E-state index contributed by atoms with van der Waals surface area (Å²) in [5.74, 6) is 0.640. The lowest BCUT2D eigenvalue weighted by molar-refractivity contribution is -0.128. The number of amides is 1. The van der Waals surface area contributed by atoms with E-state index in [1.165, 1.54) is 0 Å². The quantitative estimate of drug-likeness (QED) is 0.900. The third kappa shape index (κ3) is 2.43. The molecule has 4 heteroatoms. The molecule has 0 saturated heterocycles. The van der Waals surface area contributed by atoms with Crippen molar-refractivity contribution < 1.29 is 14.3 Å². The first-order chi connectivity index (χ1) is 9.56. The molecular weight excluding hydrogens is 254 g/mol. The number of para-hydroxylation sites is 1. The highest BCUT2D eigenvalue weighted by Crippen LogP contribution is 2.29. The Hall–Kier alpha value is -1.81. The Morgan fingerprint density at radius 3 is 2.85 bits per heavy atom. The molecule has 1 amide bonds. The number of carbonyl (C=O) groups excluding carboxylic acids is 1. The number of benzene rings is 1. The zero-order valence-corrected chi connectivity index (χ0v) is 11.6. The summed E-state index contributed by atoms with van der Waals surface area (Å²) in [7, 11) is 0. The SMILES string of the molecule is CC(O)(CNC(=O)C1CCC1)c1cc2ccccc2o1. The van der Waals surface area contributed by atoms with Gasteiger partial charge in [0, 0.05) is 11.3 Å². The Morgan fingerprint density at radius 1 is 1.45 bits per heavy atom. The van der Waals surface area contributed by atoms with Crippen molar-refractivity contribution in [1.29, 1.82) is 0 Å². The molecule has 1 aliphatic rings. The molecule has 4 nitrogen and oxygen atoms in total. The summed E-state index contributed by atoms with van der Waals surface area (Å²) in [6.45, 7) is 1.83. The van der Waals surface area contributed by atoms with Crippen LogP contribution in [0, 0.1) is 5.92 Å². The number of hydrogen-bond donors (Lipinski definition) is 2. The van der Waals surface area contributed by atoms with Crippen LogP contribution in [0.1, 0.15) is 31.9 Å². The maximum Gasteiger partial charge on any atom is 0.223 e. The van der Waals surface area contributed by atoms with Crippen LogP contribution in [-0.4, -0.2) is 17.6 Å². The molecule has 1 aliphatic carbocycles. The number of aliphatic hydroxyl groups is 1. The van der Waals surface area contributed by atoms with Crippen LogP contribution < -0.4 is 5.32 Å². The van der Waals surface area contributed by atoms with Gasteiger partial charge in [-0.05, 0) is 31.9 Å². The topological polar surface area (TPSA) is 62.5 Å². The van der Waals surface area contributed by atoms with Crippen LogP contribution in [-0.2, 0) is 10.4 Å². The molecule has 0 bridgehead atoms. The lowest BCUT2D eigenvalue weighted by atomic mass is 9.84. The zero-order chi connectivity index (χ0) is 14.2. The van der Waals surface area contributed by atoms with Gasteiger partial charge in [-0.2, -0.15) is 0 Å². The Labute approximate surface area is 117 Å². The van der Waals surface area contributed by atoms with Gasteiger partial charge in [-0.15, -0.1) is 0 Å². The van der Waals surface area contributed by atoms with E-state index in [4.69, 9.17) is 4.42 Å². The molecule has 106 valence electrons. The van der Waals surface area contributed by atoms with Crippen LogP contribution in [0.25, 0.3) is 11.0 Å². The summed E-state index contributed by atoms with van der Waals surface area (Å²) in [6, 6.07) is 9.44. The van der Waals surface area contributed by atoms with E-state index in [0.717, 1.165) is 30.2 Å². The monoisotopic (exact) mass is 273 g/mol. The maximum absolute atomic E-state index is 11.8. The number of hydrogen-bond acceptors (Lipinski definition) is 3. The lowest BCUT2D eigenvalue weighted by Crippen LogP contribution is -2.42. The number of rotatable bonds is 4. The molecule has 1 saturated carbocycles. The van der Waals surface area contributed by atoms with Crippen molar-refractivity contribution in [3.63, 3.8) is 0 Å². The summed E-state index contributed by atoms with van der Waals surface area (Å²) in [5, 5.41) is 14.3. The van der Waals surface area contributed by atoms with Crippen molar-refractivity contribution in [2.45, 2.75) is 31.8 Å². The van der Waals surface area contributed by atoms with Crippen LogP contribution >= 0.6 is 0 Å². The number of furan rings is 1. The summed E-state index contributed by atoms with van der Waals surface area (Å²) < 4.78 is 5.66. The molecule has 1 aromatic carbocycles. The van der Waals surface area contributed by atoms with Gasteiger partial charge in [0.2, 0.25) is 5.91 Å². The fourth-order valence-electron chi connectivity index (χ4n) is 2.41. The smallest absolute Gasteiger partial charge is 0.223 e. The normalized spacial score (nSPS) is 18.5. The third-order valence-corrected chi connectivity index (χ3v) is 4.04. The molecule has 2 aromatic rings. The highest BCUT2D eigenvalue weighted by Gasteiger charge is 2.31. The van der Waals surface area contributed by atoms with Crippen molar-refractivity contribution in [2.24, 2.45) is 5.92 Å². The first-order valence-corrected chi connectivity index (χ1v) is 7.05. The second-order valence-corrected chi connectivity index (χ2v) is 5.77. The fourth-order valence-corrected chi connectivity index (χ4v) is 2.41. The van der Waals surface area contributed by atoms with E-state index in [2.05, 4.69) is 5.32 Å². The lowest BCUT2D eigenvalue weighted by Gasteiger charge is -2.27. The van der Waals surface area contributed by atoms with E-state index in [-0.39, 0.29) is 18.4 Å². The van der Waals surface area contributed by atoms with Gasteiger partial charge >= 0.3 is 0 Å². The molecule has 1 unspecified atom stereocenters. The van der Waals surface area contributed by atoms with E-state index in [0.29, 0.717) is 5.76 Å². The van der Waals surface area contributed by atoms with Gasteiger partial charge in [-0.3, -0.25) is 4.79 Å². The molecule has 1 heterocycles. The average molecular weight is 273 g/mol. The number of nitrogens with one attached hydrogen (secondary N) is 1. The number of fused-ring (bicyclic) bond motifs is 1. The van der Waals surface area contributed by atoms with Gasteiger partial charge in [-0.25, -0.2) is 0 Å². The zero-order valence-electron chi connectivity index (χ0n) is 11.6. The predicted octanol–water partition coefficient (Wildman–Crippen LogP) is 2.56. The second-order valence-electron chi connectivity index (χ2n) is 5.77. The van der Waals surface area contributed by atoms with E-state index < -0.39 is 5.60 Å². The fraction of sp³-hybridized carbons (Fsp3) is 0.438. The minimum absolute atomic E-state index is 0.0348. The molecule has 20 heavy (non-hydrogen) atoms. The maximum atomic E-state index is 11.8. The molecule has 3 rings (SSSR count). The van der Waals surface area contributed by atoms with Crippen LogP contribution in [0.2, 0.25) is 0 Å². The molecule has 0 spiro atoms. The van der Waals surface area contributed by atoms with Crippen molar-refractivity contribution in [3.05, 3.63) is 36.1 Å². The summed E-state index contributed by atoms with van der Waals surface area (Å²) in [5.41, 5.74) is -0.452. The van der Waals surface area contributed by atoms with E-state index in [9.17, 15) is 9.90 Å². The van der Waals surface area contributed by atoms with Gasteiger partial charge in [0.15, 0.2) is 0 Å². The van der Waals surface area contributed by atoms with E-state index >= 15 is 0 Å². The summed E-state index contributed by atoms with van der Waals surface area (Å²) in [4.78, 5) is 11.8. The Bertz CT molecular complexity index is 592. The van der Waals surface area contributed by atoms with E-state index in [1.807, 2.05) is 30.3 Å². The van der Waals surface area contributed by atoms with Crippen molar-refractivity contribution >= 4 is 16.9 Å². The molecule has 0 aliphatic heterocycles.